The summed E-state index contributed by atoms with van der Waals surface area (Å²) in [5, 5.41) is 0. The fourth-order valence-electron chi connectivity index (χ4n) is 9.35. The third kappa shape index (κ3) is 33.1. The first kappa shape index (κ1) is 58.7. The van der Waals surface area contributed by atoms with E-state index in [-0.39, 0.29) is 37.8 Å². The molecular weight excluding hydrogens is 861 g/mol. The normalized spacial score (nSPS) is 17.5. The molecule has 14 nitrogen and oxygen atoms in total. The van der Waals surface area contributed by atoms with Crippen LogP contribution < -0.4 is 0 Å². The van der Waals surface area contributed by atoms with Crippen LogP contribution in [0.25, 0.3) is 0 Å². The molecule has 2 fully saturated rings. The molecule has 2 aliphatic rings. The van der Waals surface area contributed by atoms with Crippen LogP contribution in [0.4, 0.5) is 0 Å². The maximum absolute atomic E-state index is 13.5. The van der Waals surface area contributed by atoms with Gasteiger partial charge >= 0.3 is 11.9 Å². The van der Waals surface area contributed by atoms with Crippen molar-refractivity contribution in [1.29, 1.82) is 0 Å². The van der Waals surface area contributed by atoms with Gasteiger partial charge in [0.2, 0.25) is 0 Å². The van der Waals surface area contributed by atoms with Gasteiger partial charge in [0.05, 0.1) is 26.4 Å². The van der Waals surface area contributed by atoms with Crippen LogP contribution in [0.3, 0.4) is 0 Å². The third-order valence-electron chi connectivity index (χ3n) is 13.0. The zero-order valence-electron chi connectivity index (χ0n) is 40.3. The Labute approximate surface area is 389 Å². The lowest BCUT2D eigenvalue weighted by Crippen LogP contribution is -2.44. The second kappa shape index (κ2) is 36.6. The summed E-state index contributed by atoms with van der Waals surface area (Å²) >= 11 is 0. The van der Waals surface area contributed by atoms with Crippen molar-refractivity contribution >= 4 is 32.2 Å². The summed E-state index contributed by atoms with van der Waals surface area (Å²) in [7, 11) is -8.58. The van der Waals surface area contributed by atoms with E-state index in [1.165, 1.54) is 103 Å². The Hall–Kier alpha value is -1.40. The van der Waals surface area contributed by atoms with Gasteiger partial charge in [0.1, 0.15) is 23.7 Å². The molecule has 0 saturated carbocycles. The smallest absolute Gasteiger partial charge is 0.306 e. The van der Waals surface area contributed by atoms with Crippen molar-refractivity contribution in [3.63, 3.8) is 0 Å². The van der Waals surface area contributed by atoms with Crippen molar-refractivity contribution in [2.45, 2.75) is 206 Å². The highest BCUT2D eigenvalue weighted by Crippen LogP contribution is 2.31. The number of carbonyl (C=O) groups is 2. The first-order valence-electron chi connectivity index (χ1n) is 25.7. The highest BCUT2D eigenvalue weighted by atomic mass is 32.2. The van der Waals surface area contributed by atoms with Crippen LogP contribution in [-0.4, -0.2) is 137 Å². The van der Waals surface area contributed by atoms with E-state index in [0.29, 0.717) is 64.9 Å². The maximum Gasteiger partial charge on any atom is 0.306 e. The number of carbonyl (C=O) groups excluding carboxylic acids is 2. The van der Waals surface area contributed by atoms with Crippen LogP contribution in [0.5, 0.6) is 0 Å². The summed E-state index contributed by atoms with van der Waals surface area (Å²) in [6.07, 6.45) is 29.1. The van der Waals surface area contributed by atoms with Crippen LogP contribution in [0.1, 0.15) is 194 Å². The molecule has 2 heterocycles. The molecule has 2 rings (SSSR count). The summed E-state index contributed by atoms with van der Waals surface area (Å²) in [6.45, 7) is 9.71. The molecule has 2 aliphatic heterocycles. The first-order valence-corrected chi connectivity index (χ1v) is 28.9. The van der Waals surface area contributed by atoms with Crippen molar-refractivity contribution in [2.75, 3.05) is 77.2 Å². The van der Waals surface area contributed by atoms with E-state index >= 15 is 0 Å². The molecule has 378 valence electrons. The first-order chi connectivity index (χ1) is 30.8. The van der Waals surface area contributed by atoms with Crippen LogP contribution in [0.15, 0.2) is 0 Å². The second-order valence-corrected chi connectivity index (χ2v) is 21.8. The minimum Gasteiger partial charge on any atom is -0.460 e. The molecule has 2 N–H and O–H groups in total. The minimum absolute atomic E-state index is 0.190. The predicted octanol–water partition coefficient (Wildman–Crippen LogP) is 9.45. The SMILES string of the molecule is CCCCCCCCCCCCCC(CC(=O)OC(CN1CCOCC1)CS(=O)(=O)O)C(CC)CCCCCCCCCCCCCCC(=O)OC(CN1CCOCC1)CS(=O)(=O)O. The van der Waals surface area contributed by atoms with Gasteiger partial charge in [-0.05, 0) is 24.7 Å². The van der Waals surface area contributed by atoms with Crippen LogP contribution in [0, 0.1) is 11.8 Å². The van der Waals surface area contributed by atoms with Crippen molar-refractivity contribution in [3.8, 4) is 0 Å². The van der Waals surface area contributed by atoms with Gasteiger partial charge in [-0.1, -0.05) is 168 Å². The van der Waals surface area contributed by atoms with E-state index in [0.717, 1.165) is 57.8 Å². The van der Waals surface area contributed by atoms with E-state index in [2.05, 4.69) is 13.8 Å². The summed E-state index contributed by atoms with van der Waals surface area (Å²) in [5.41, 5.74) is 0. The molecule has 4 unspecified atom stereocenters. The third-order valence-corrected chi connectivity index (χ3v) is 14.6. The standard InChI is InChI=1S/C48H92N2O12S2/c1-3-5-6-7-8-9-12-16-19-22-25-28-44(38-48(52)62-46(42-64(56,57)58)40-50-32-36-60-37-33-50)43(4-2)27-24-21-18-15-13-10-11-14-17-20-23-26-29-47(51)61-45(41-63(53,54)55)39-49-30-34-59-35-31-49/h43-46H,3-42H2,1-2H3,(H,53,54,55)(H,56,57,58). The summed E-state index contributed by atoms with van der Waals surface area (Å²) in [4.78, 5) is 29.9. The Balaban J connectivity index is 1.67. The quantitative estimate of drug-likeness (QED) is 0.0335. The highest BCUT2D eigenvalue weighted by Gasteiger charge is 2.29. The molecule has 0 aromatic heterocycles. The van der Waals surface area contributed by atoms with E-state index in [1.54, 1.807) is 0 Å². The monoisotopic (exact) mass is 953 g/mol. The molecule has 0 aromatic carbocycles. The summed E-state index contributed by atoms with van der Waals surface area (Å²) in [5.74, 6) is -1.38. The molecule has 64 heavy (non-hydrogen) atoms. The number of hydrogen-bond donors (Lipinski definition) is 2. The van der Waals surface area contributed by atoms with Crippen molar-refractivity contribution in [2.24, 2.45) is 11.8 Å². The van der Waals surface area contributed by atoms with Gasteiger partial charge in [0.25, 0.3) is 20.2 Å². The fourth-order valence-corrected chi connectivity index (χ4v) is 10.6. The molecule has 0 radical (unpaired) electrons. The van der Waals surface area contributed by atoms with Crippen LogP contribution >= 0.6 is 0 Å². The summed E-state index contributed by atoms with van der Waals surface area (Å²) in [6, 6.07) is 0. The predicted molar refractivity (Wildman–Crippen MR) is 255 cm³/mol. The van der Waals surface area contributed by atoms with Gasteiger partial charge in [0, 0.05) is 52.1 Å². The lowest BCUT2D eigenvalue weighted by Gasteiger charge is -2.30. The van der Waals surface area contributed by atoms with E-state index in [9.17, 15) is 35.5 Å². The molecule has 16 heteroatoms. The number of rotatable bonds is 41. The van der Waals surface area contributed by atoms with E-state index < -0.39 is 49.9 Å². The number of unbranched alkanes of at least 4 members (excludes halogenated alkanes) is 21. The molecule has 4 atom stereocenters. The highest BCUT2D eigenvalue weighted by molar-refractivity contribution is 7.86. The second-order valence-electron chi connectivity index (χ2n) is 18.8. The maximum atomic E-state index is 13.5. The Morgan fingerprint density at radius 3 is 1.22 bits per heavy atom. The van der Waals surface area contributed by atoms with Gasteiger partial charge in [-0.25, -0.2) is 0 Å². The van der Waals surface area contributed by atoms with E-state index in [4.69, 9.17) is 18.9 Å². The number of nitrogens with zero attached hydrogens (tertiary/aromatic N) is 2. The minimum atomic E-state index is -4.32. The average Bonchev–Trinajstić information content (AvgIpc) is 3.23. The Kier molecular flexibility index (Phi) is 33.6. The molecule has 0 bridgehead atoms. The van der Waals surface area contributed by atoms with Crippen LogP contribution in [0.2, 0.25) is 0 Å². The molecular formula is C48H92N2O12S2. The fraction of sp³-hybridized carbons (Fsp3) is 0.958. The van der Waals surface area contributed by atoms with E-state index in [1.807, 2.05) is 9.80 Å². The lowest BCUT2D eigenvalue weighted by molar-refractivity contribution is -0.151. The average molecular weight is 953 g/mol. The van der Waals surface area contributed by atoms with Crippen LogP contribution in [-0.2, 0) is 48.8 Å². The Morgan fingerprint density at radius 1 is 0.500 bits per heavy atom. The number of esters is 2. The van der Waals surface area contributed by atoms with Gasteiger partial charge in [0.15, 0.2) is 0 Å². The molecule has 0 spiro atoms. The van der Waals surface area contributed by atoms with Gasteiger partial charge in [-0.2, -0.15) is 16.8 Å². The van der Waals surface area contributed by atoms with Gasteiger partial charge in [-0.3, -0.25) is 28.5 Å². The molecule has 0 aromatic rings. The van der Waals surface area contributed by atoms with Crippen molar-refractivity contribution in [3.05, 3.63) is 0 Å². The Morgan fingerprint density at radius 2 is 0.844 bits per heavy atom. The Bertz CT molecular complexity index is 1390. The number of ether oxygens (including phenoxy) is 4. The largest absolute Gasteiger partial charge is 0.460 e. The molecule has 0 amide bonds. The lowest BCUT2D eigenvalue weighted by atomic mass is 9.80. The number of hydrogen-bond acceptors (Lipinski definition) is 12. The summed E-state index contributed by atoms with van der Waals surface area (Å²) < 4.78 is 87.7. The van der Waals surface area contributed by atoms with Crippen molar-refractivity contribution in [1.82, 2.24) is 9.80 Å². The van der Waals surface area contributed by atoms with Gasteiger partial charge < -0.3 is 18.9 Å². The topological polar surface area (TPSA) is 186 Å². The zero-order valence-corrected chi connectivity index (χ0v) is 41.9. The van der Waals surface area contributed by atoms with Gasteiger partial charge in [-0.15, -0.1) is 0 Å². The molecule has 2 saturated heterocycles. The number of morpholine rings is 2. The van der Waals surface area contributed by atoms with Crippen molar-refractivity contribution < 1.29 is 54.5 Å². The zero-order chi connectivity index (χ0) is 46.7. The molecule has 0 aliphatic carbocycles.